The van der Waals surface area contributed by atoms with E-state index >= 15 is 0 Å². The quantitative estimate of drug-likeness (QED) is 0.637. The van der Waals surface area contributed by atoms with Crippen molar-refractivity contribution >= 4 is 33.3 Å². The van der Waals surface area contributed by atoms with Gasteiger partial charge in [-0.05, 0) is 38.2 Å². The number of ether oxygens (including phenoxy) is 1. The van der Waals surface area contributed by atoms with Crippen molar-refractivity contribution in [2.75, 3.05) is 25.1 Å². The van der Waals surface area contributed by atoms with Gasteiger partial charge in [-0.15, -0.1) is 16.4 Å². The van der Waals surface area contributed by atoms with E-state index in [1.165, 1.54) is 18.4 Å². The number of carbonyl (C=O) groups excluding carboxylic acids is 1. The smallest absolute Gasteiger partial charge is 0.348 e. The zero-order chi connectivity index (χ0) is 19.0. The molecule has 1 fully saturated rings. The molecule has 0 amide bonds. The Morgan fingerprint density at radius 1 is 1.30 bits per heavy atom. The van der Waals surface area contributed by atoms with Crippen LogP contribution in [0, 0.1) is 19.8 Å². The van der Waals surface area contributed by atoms with Crippen LogP contribution in [-0.4, -0.2) is 51.1 Å². The predicted molar refractivity (Wildman–Crippen MR) is 103 cm³/mol. The van der Waals surface area contributed by atoms with Crippen LogP contribution in [-0.2, 0) is 11.3 Å². The number of rotatable bonds is 4. The summed E-state index contributed by atoms with van der Waals surface area (Å²) in [4.78, 5) is 25.1. The standard InChI is InChI=1S/C18H22N6O2S/c1-11-14-16(20-12(2)21-17(14)27-15(11)18(25)26-3)23-7-4-13(5-8-23)10-24-9-6-19-22-24/h6,9,13H,4-5,7-8,10H2,1-3H3. The van der Waals surface area contributed by atoms with Gasteiger partial charge in [0.2, 0.25) is 0 Å². The van der Waals surface area contributed by atoms with Crippen LogP contribution in [0.4, 0.5) is 5.82 Å². The first-order chi connectivity index (χ1) is 13.1. The maximum absolute atomic E-state index is 12.1. The average Bonchev–Trinajstić information content (AvgIpc) is 3.29. The van der Waals surface area contributed by atoms with Gasteiger partial charge in [-0.2, -0.15) is 0 Å². The number of nitrogens with zero attached hydrogens (tertiary/aromatic N) is 6. The molecule has 0 aromatic carbocycles. The highest BCUT2D eigenvalue weighted by molar-refractivity contribution is 7.20. The Bertz CT molecular complexity index is 960. The Hall–Kier alpha value is -2.55. The van der Waals surface area contributed by atoms with Gasteiger partial charge in [0.15, 0.2) is 0 Å². The number of aromatic nitrogens is 5. The van der Waals surface area contributed by atoms with Crippen molar-refractivity contribution in [1.29, 1.82) is 0 Å². The molecule has 9 heteroatoms. The topological polar surface area (TPSA) is 86.0 Å². The zero-order valence-corrected chi connectivity index (χ0v) is 16.5. The van der Waals surface area contributed by atoms with Crippen LogP contribution in [0.5, 0.6) is 0 Å². The molecule has 0 aliphatic carbocycles. The summed E-state index contributed by atoms with van der Waals surface area (Å²) in [6.45, 7) is 6.59. The van der Waals surface area contributed by atoms with Crippen LogP contribution in [0.15, 0.2) is 12.4 Å². The van der Waals surface area contributed by atoms with Crippen molar-refractivity contribution in [3.05, 3.63) is 28.7 Å². The maximum atomic E-state index is 12.1. The molecule has 3 aromatic heterocycles. The minimum Gasteiger partial charge on any atom is -0.465 e. The van der Waals surface area contributed by atoms with Crippen molar-refractivity contribution in [3.63, 3.8) is 0 Å². The minimum atomic E-state index is -0.314. The van der Waals surface area contributed by atoms with E-state index in [4.69, 9.17) is 9.72 Å². The van der Waals surface area contributed by atoms with Crippen LogP contribution < -0.4 is 4.90 Å². The first-order valence-corrected chi connectivity index (χ1v) is 9.83. The molecule has 4 rings (SSSR count). The maximum Gasteiger partial charge on any atom is 0.348 e. The molecule has 1 aliphatic rings. The van der Waals surface area contributed by atoms with Crippen LogP contribution >= 0.6 is 11.3 Å². The summed E-state index contributed by atoms with van der Waals surface area (Å²) in [5.41, 5.74) is 0.904. The molecule has 142 valence electrons. The molecule has 1 aliphatic heterocycles. The molecule has 1 saturated heterocycles. The number of hydrogen-bond acceptors (Lipinski definition) is 8. The molecule has 27 heavy (non-hydrogen) atoms. The molecule has 8 nitrogen and oxygen atoms in total. The zero-order valence-electron chi connectivity index (χ0n) is 15.7. The van der Waals surface area contributed by atoms with Crippen LogP contribution in [0.1, 0.15) is 33.9 Å². The number of aryl methyl sites for hydroxylation is 2. The van der Waals surface area contributed by atoms with E-state index in [1.54, 1.807) is 6.20 Å². The molecule has 0 unspecified atom stereocenters. The van der Waals surface area contributed by atoms with E-state index in [0.717, 1.165) is 59.9 Å². The number of esters is 1. The third-order valence-corrected chi connectivity index (χ3v) is 6.25. The van der Waals surface area contributed by atoms with Crippen LogP contribution in [0.25, 0.3) is 10.2 Å². The first kappa shape index (κ1) is 17.8. The molecular formula is C18H22N6O2S. The van der Waals surface area contributed by atoms with E-state index in [1.807, 2.05) is 24.7 Å². The van der Waals surface area contributed by atoms with E-state index in [2.05, 4.69) is 20.2 Å². The molecule has 0 atom stereocenters. The summed E-state index contributed by atoms with van der Waals surface area (Å²) >= 11 is 1.38. The number of anilines is 1. The molecule has 0 N–H and O–H groups in total. The molecule has 4 heterocycles. The van der Waals surface area contributed by atoms with Crippen molar-refractivity contribution in [3.8, 4) is 0 Å². The fourth-order valence-corrected chi connectivity index (χ4v) is 4.80. The van der Waals surface area contributed by atoms with Gasteiger partial charge in [0, 0.05) is 25.8 Å². The van der Waals surface area contributed by atoms with Gasteiger partial charge >= 0.3 is 5.97 Å². The van der Waals surface area contributed by atoms with E-state index in [9.17, 15) is 4.79 Å². The third-order valence-electron chi connectivity index (χ3n) is 5.08. The molecular weight excluding hydrogens is 364 g/mol. The van der Waals surface area contributed by atoms with Crippen molar-refractivity contribution in [2.24, 2.45) is 5.92 Å². The SMILES string of the molecule is COC(=O)c1sc2nc(C)nc(N3CCC(Cn4ccnn4)CC3)c2c1C. The Morgan fingerprint density at radius 2 is 2.07 bits per heavy atom. The first-order valence-electron chi connectivity index (χ1n) is 9.02. The summed E-state index contributed by atoms with van der Waals surface area (Å²) < 4.78 is 6.82. The lowest BCUT2D eigenvalue weighted by Crippen LogP contribution is -2.36. The number of fused-ring (bicyclic) bond motifs is 1. The van der Waals surface area contributed by atoms with Gasteiger partial charge in [0.1, 0.15) is 21.3 Å². The van der Waals surface area contributed by atoms with Crippen molar-refractivity contribution in [2.45, 2.75) is 33.2 Å². The number of methoxy groups -OCH3 is 1. The number of thiophene rings is 1. The fraction of sp³-hybridized carbons (Fsp3) is 0.500. The summed E-state index contributed by atoms with van der Waals surface area (Å²) in [6, 6.07) is 0. The van der Waals surface area contributed by atoms with Gasteiger partial charge in [0.25, 0.3) is 0 Å². The second kappa shape index (κ2) is 7.22. The Kier molecular flexibility index (Phi) is 4.77. The Labute approximate surface area is 161 Å². The second-order valence-corrected chi connectivity index (χ2v) is 7.88. The highest BCUT2D eigenvalue weighted by atomic mass is 32.1. The summed E-state index contributed by atoms with van der Waals surface area (Å²) in [5.74, 6) is 1.92. The van der Waals surface area contributed by atoms with Gasteiger partial charge in [-0.25, -0.2) is 14.8 Å². The van der Waals surface area contributed by atoms with E-state index in [-0.39, 0.29) is 5.97 Å². The van der Waals surface area contributed by atoms with Crippen molar-refractivity contribution < 1.29 is 9.53 Å². The third kappa shape index (κ3) is 3.39. The lowest BCUT2D eigenvalue weighted by Gasteiger charge is -2.33. The molecule has 0 spiro atoms. The number of carbonyl (C=O) groups is 1. The lowest BCUT2D eigenvalue weighted by atomic mass is 9.96. The van der Waals surface area contributed by atoms with E-state index < -0.39 is 0 Å². The molecule has 0 saturated carbocycles. The summed E-state index contributed by atoms with van der Waals surface area (Å²) in [6.07, 6.45) is 5.76. The summed E-state index contributed by atoms with van der Waals surface area (Å²) in [7, 11) is 1.41. The van der Waals surface area contributed by atoms with Crippen LogP contribution in [0.2, 0.25) is 0 Å². The highest BCUT2D eigenvalue weighted by Gasteiger charge is 2.26. The molecule has 0 bridgehead atoms. The van der Waals surface area contributed by atoms with Gasteiger partial charge in [-0.1, -0.05) is 5.21 Å². The molecule has 3 aromatic rings. The minimum absolute atomic E-state index is 0.314. The molecule has 0 radical (unpaired) electrons. The highest BCUT2D eigenvalue weighted by Crippen LogP contribution is 2.37. The lowest BCUT2D eigenvalue weighted by molar-refractivity contribution is 0.0605. The average molecular weight is 386 g/mol. The largest absolute Gasteiger partial charge is 0.465 e. The Morgan fingerprint density at radius 3 is 2.74 bits per heavy atom. The fourth-order valence-electron chi connectivity index (χ4n) is 3.66. The Balaban J connectivity index is 1.60. The monoisotopic (exact) mass is 386 g/mol. The van der Waals surface area contributed by atoms with Gasteiger partial charge in [-0.3, -0.25) is 4.68 Å². The van der Waals surface area contributed by atoms with Crippen molar-refractivity contribution in [1.82, 2.24) is 25.0 Å². The van der Waals surface area contributed by atoms with Gasteiger partial charge in [0.05, 0.1) is 18.7 Å². The predicted octanol–water partition coefficient (Wildman–Crippen LogP) is 2.60. The van der Waals surface area contributed by atoms with E-state index in [0.29, 0.717) is 10.8 Å². The summed E-state index contributed by atoms with van der Waals surface area (Å²) in [5, 5.41) is 8.92. The second-order valence-electron chi connectivity index (χ2n) is 6.88. The van der Waals surface area contributed by atoms with Gasteiger partial charge < -0.3 is 9.64 Å². The number of hydrogen-bond donors (Lipinski definition) is 0. The normalized spacial score (nSPS) is 15.4. The number of piperidine rings is 1. The van der Waals surface area contributed by atoms with Crippen LogP contribution in [0.3, 0.4) is 0 Å².